The normalized spacial score (nSPS) is 32.1. The Morgan fingerprint density at radius 3 is 2.32 bits per heavy atom. The number of amides is 1. The predicted octanol–water partition coefficient (Wildman–Crippen LogP) is 1.51. The number of carbonyl (C=O) groups excluding carboxylic acids is 1. The van der Waals surface area contributed by atoms with Gasteiger partial charge in [-0.3, -0.25) is 4.79 Å². The summed E-state index contributed by atoms with van der Waals surface area (Å²) in [4.78, 5) is 14.4. The third-order valence-corrected chi connectivity index (χ3v) is 4.41. The van der Waals surface area contributed by atoms with E-state index in [0.717, 1.165) is 12.1 Å². The van der Waals surface area contributed by atoms with Gasteiger partial charge in [-0.15, -0.1) is 0 Å². The first-order valence-electron chi connectivity index (χ1n) is 7.61. The number of nitrogens with one attached hydrogen (secondary N) is 2. The van der Waals surface area contributed by atoms with Gasteiger partial charge in [0.05, 0.1) is 6.54 Å². The second-order valence-electron chi connectivity index (χ2n) is 7.25. The highest BCUT2D eigenvalue weighted by Crippen LogP contribution is 2.32. The van der Waals surface area contributed by atoms with Crippen molar-refractivity contribution in [1.29, 1.82) is 0 Å². The van der Waals surface area contributed by atoms with Crippen molar-refractivity contribution < 1.29 is 4.79 Å². The Bertz CT molecular complexity index is 310. The van der Waals surface area contributed by atoms with Crippen LogP contribution < -0.4 is 10.6 Å². The lowest BCUT2D eigenvalue weighted by Crippen LogP contribution is -2.55. The maximum absolute atomic E-state index is 11.8. The molecule has 2 fully saturated rings. The summed E-state index contributed by atoms with van der Waals surface area (Å²) in [6.07, 6.45) is 6.39. The number of rotatable bonds is 3. The first-order valence-corrected chi connectivity index (χ1v) is 7.61. The van der Waals surface area contributed by atoms with Gasteiger partial charge in [-0.05, 0) is 53.5 Å². The first kappa shape index (κ1) is 14.8. The topological polar surface area (TPSA) is 44.4 Å². The van der Waals surface area contributed by atoms with Gasteiger partial charge in [0.15, 0.2) is 0 Å². The molecular formula is C15H29N3O. The fourth-order valence-electron chi connectivity index (χ4n) is 3.48. The van der Waals surface area contributed by atoms with E-state index in [1.54, 1.807) is 0 Å². The second-order valence-corrected chi connectivity index (χ2v) is 7.25. The molecule has 19 heavy (non-hydrogen) atoms. The van der Waals surface area contributed by atoms with E-state index in [0.29, 0.717) is 12.6 Å². The van der Waals surface area contributed by atoms with Gasteiger partial charge >= 0.3 is 0 Å². The molecule has 2 aliphatic rings. The van der Waals surface area contributed by atoms with Crippen LogP contribution in [0.2, 0.25) is 0 Å². The van der Waals surface area contributed by atoms with E-state index in [4.69, 9.17) is 0 Å². The molecule has 2 bridgehead atoms. The third-order valence-electron chi connectivity index (χ3n) is 4.41. The summed E-state index contributed by atoms with van der Waals surface area (Å²) in [5.74, 6) is 0.108. The van der Waals surface area contributed by atoms with E-state index < -0.39 is 0 Å². The van der Waals surface area contributed by atoms with Gasteiger partial charge in [0.2, 0.25) is 5.91 Å². The van der Waals surface area contributed by atoms with Crippen molar-refractivity contribution in [3.05, 3.63) is 0 Å². The molecule has 2 aliphatic heterocycles. The smallest absolute Gasteiger partial charge is 0.234 e. The molecule has 0 spiro atoms. The lowest BCUT2D eigenvalue weighted by Gasteiger charge is -2.47. The van der Waals surface area contributed by atoms with Crippen molar-refractivity contribution >= 4 is 5.91 Å². The SMILES string of the molecule is CN1C2CCCC1CC(NCC(=O)NC(C)(C)C)C2. The van der Waals surface area contributed by atoms with E-state index in [-0.39, 0.29) is 11.4 Å². The molecular weight excluding hydrogens is 238 g/mol. The second kappa shape index (κ2) is 5.80. The van der Waals surface area contributed by atoms with Crippen LogP contribution in [0.4, 0.5) is 0 Å². The molecule has 0 aliphatic carbocycles. The Labute approximate surface area is 117 Å². The van der Waals surface area contributed by atoms with Crippen LogP contribution in [0.15, 0.2) is 0 Å². The maximum Gasteiger partial charge on any atom is 0.234 e. The highest BCUT2D eigenvalue weighted by molar-refractivity contribution is 5.78. The lowest BCUT2D eigenvalue weighted by atomic mass is 9.82. The summed E-state index contributed by atoms with van der Waals surface area (Å²) < 4.78 is 0. The Morgan fingerprint density at radius 1 is 1.21 bits per heavy atom. The average Bonchev–Trinajstić information content (AvgIpc) is 2.24. The molecule has 2 N–H and O–H groups in total. The largest absolute Gasteiger partial charge is 0.350 e. The molecule has 110 valence electrons. The van der Waals surface area contributed by atoms with E-state index in [2.05, 4.69) is 22.6 Å². The van der Waals surface area contributed by atoms with Gasteiger partial charge in [0.25, 0.3) is 0 Å². The van der Waals surface area contributed by atoms with Crippen LogP contribution in [-0.2, 0) is 4.79 Å². The highest BCUT2D eigenvalue weighted by Gasteiger charge is 2.35. The summed E-state index contributed by atoms with van der Waals surface area (Å²) in [5, 5.41) is 6.46. The number of hydrogen-bond acceptors (Lipinski definition) is 3. The molecule has 0 aromatic carbocycles. The van der Waals surface area contributed by atoms with Gasteiger partial charge in [0, 0.05) is 23.7 Å². The van der Waals surface area contributed by atoms with Crippen LogP contribution in [0.25, 0.3) is 0 Å². The van der Waals surface area contributed by atoms with Crippen molar-refractivity contribution in [1.82, 2.24) is 15.5 Å². The summed E-state index contributed by atoms with van der Waals surface area (Å²) in [6, 6.07) is 1.95. The molecule has 0 radical (unpaired) electrons. The number of carbonyl (C=O) groups is 1. The summed E-state index contributed by atoms with van der Waals surface area (Å²) in [5.41, 5.74) is -0.137. The van der Waals surface area contributed by atoms with Crippen LogP contribution in [0.1, 0.15) is 52.9 Å². The molecule has 4 nitrogen and oxygen atoms in total. The Kier molecular flexibility index (Phi) is 4.51. The summed E-state index contributed by atoms with van der Waals surface area (Å²) in [7, 11) is 2.26. The van der Waals surface area contributed by atoms with Gasteiger partial charge in [-0.2, -0.15) is 0 Å². The Hall–Kier alpha value is -0.610. The molecule has 2 unspecified atom stereocenters. The molecule has 0 saturated carbocycles. The zero-order chi connectivity index (χ0) is 14.0. The van der Waals surface area contributed by atoms with E-state index >= 15 is 0 Å². The Balaban J connectivity index is 1.77. The van der Waals surface area contributed by atoms with Gasteiger partial charge in [0.1, 0.15) is 0 Å². The molecule has 0 aromatic heterocycles. The van der Waals surface area contributed by atoms with Crippen molar-refractivity contribution in [2.75, 3.05) is 13.6 Å². The molecule has 2 saturated heterocycles. The minimum absolute atomic E-state index is 0.108. The summed E-state index contributed by atoms with van der Waals surface area (Å²) >= 11 is 0. The van der Waals surface area contributed by atoms with E-state index in [9.17, 15) is 4.79 Å². The molecule has 4 heteroatoms. The van der Waals surface area contributed by atoms with Gasteiger partial charge in [-0.25, -0.2) is 0 Å². The van der Waals surface area contributed by atoms with Gasteiger partial charge < -0.3 is 15.5 Å². The monoisotopic (exact) mass is 267 g/mol. The van der Waals surface area contributed by atoms with Crippen molar-refractivity contribution in [2.24, 2.45) is 0 Å². The van der Waals surface area contributed by atoms with Crippen molar-refractivity contribution in [3.8, 4) is 0 Å². The average molecular weight is 267 g/mol. The molecule has 2 heterocycles. The number of hydrogen-bond donors (Lipinski definition) is 2. The fourth-order valence-corrected chi connectivity index (χ4v) is 3.48. The third kappa shape index (κ3) is 4.18. The van der Waals surface area contributed by atoms with Crippen LogP contribution in [0, 0.1) is 0 Å². The molecule has 0 aromatic rings. The minimum Gasteiger partial charge on any atom is -0.350 e. The first-order chi connectivity index (χ1) is 8.85. The molecule has 2 atom stereocenters. The predicted molar refractivity (Wildman–Crippen MR) is 78.1 cm³/mol. The van der Waals surface area contributed by atoms with Gasteiger partial charge in [-0.1, -0.05) is 6.42 Å². The number of piperidine rings is 2. The number of fused-ring (bicyclic) bond motifs is 2. The van der Waals surface area contributed by atoms with Crippen molar-refractivity contribution in [2.45, 2.75) is 76.5 Å². The van der Waals surface area contributed by atoms with Crippen LogP contribution in [0.5, 0.6) is 0 Å². The minimum atomic E-state index is -0.137. The van der Waals surface area contributed by atoms with E-state index in [1.165, 1.54) is 32.1 Å². The van der Waals surface area contributed by atoms with Crippen LogP contribution in [0.3, 0.4) is 0 Å². The zero-order valence-electron chi connectivity index (χ0n) is 12.8. The van der Waals surface area contributed by atoms with Crippen molar-refractivity contribution in [3.63, 3.8) is 0 Å². The van der Waals surface area contributed by atoms with E-state index in [1.807, 2.05) is 20.8 Å². The van der Waals surface area contributed by atoms with Crippen LogP contribution >= 0.6 is 0 Å². The zero-order valence-corrected chi connectivity index (χ0v) is 12.8. The Morgan fingerprint density at radius 2 is 1.79 bits per heavy atom. The fraction of sp³-hybridized carbons (Fsp3) is 0.933. The maximum atomic E-state index is 11.8. The highest BCUT2D eigenvalue weighted by atomic mass is 16.2. The standard InChI is InChI=1S/C15H29N3O/c1-15(2,3)17-14(19)10-16-11-8-12-6-5-7-13(9-11)18(12)4/h11-13,16H,5-10H2,1-4H3,(H,17,19). The summed E-state index contributed by atoms with van der Waals surface area (Å²) in [6.45, 7) is 6.51. The lowest BCUT2D eigenvalue weighted by molar-refractivity contribution is -0.121. The quantitative estimate of drug-likeness (QED) is 0.814. The molecule has 1 amide bonds. The number of nitrogens with zero attached hydrogens (tertiary/aromatic N) is 1. The molecule has 2 rings (SSSR count). The van der Waals surface area contributed by atoms with Crippen LogP contribution in [-0.4, -0.2) is 48.1 Å².